The second-order valence-electron chi connectivity index (χ2n) is 7.38. The summed E-state index contributed by atoms with van der Waals surface area (Å²) in [7, 11) is 0. The molecule has 5 nitrogen and oxygen atoms in total. The van der Waals surface area contributed by atoms with Gasteiger partial charge in [0.25, 0.3) is 0 Å². The highest BCUT2D eigenvalue weighted by Gasteiger charge is 2.30. The quantitative estimate of drug-likeness (QED) is 0.502. The number of thioether (sulfide) groups is 1. The molecule has 0 saturated heterocycles. The Morgan fingerprint density at radius 1 is 1.10 bits per heavy atom. The van der Waals surface area contributed by atoms with E-state index in [0.717, 1.165) is 33.5 Å². The Bertz CT molecular complexity index is 776. The molecule has 1 aliphatic heterocycles. The van der Waals surface area contributed by atoms with Gasteiger partial charge in [0.15, 0.2) is 5.82 Å². The molecule has 7 heteroatoms. The van der Waals surface area contributed by atoms with Crippen molar-refractivity contribution in [1.29, 1.82) is 0 Å². The highest BCUT2D eigenvalue weighted by atomic mass is 32.2. The van der Waals surface area contributed by atoms with E-state index in [0.29, 0.717) is 24.5 Å². The summed E-state index contributed by atoms with van der Waals surface area (Å²) < 4.78 is 5.60. The smallest absolute Gasteiger partial charge is 0.420 e. The molecule has 0 atom stereocenters. The largest absolute Gasteiger partial charge is 0.448 e. The van der Waals surface area contributed by atoms with Crippen LogP contribution in [0.2, 0.25) is 0 Å². The number of anilines is 2. The molecule has 0 aliphatic carbocycles. The highest BCUT2D eigenvalue weighted by Crippen LogP contribution is 2.46. The topological polar surface area (TPSA) is 45.7 Å². The van der Waals surface area contributed by atoms with E-state index in [-0.39, 0.29) is 6.09 Å². The second kappa shape index (κ2) is 10.4. The van der Waals surface area contributed by atoms with Crippen molar-refractivity contribution in [3.8, 4) is 0 Å². The van der Waals surface area contributed by atoms with E-state index in [9.17, 15) is 4.79 Å². The average molecular weight is 432 g/mol. The van der Waals surface area contributed by atoms with Crippen molar-refractivity contribution in [3.05, 3.63) is 42.6 Å². The maximum Gasteiger partial charge on any atom is 0.420 e. The van der Waals surface area contributed by atoms with Gasteiger partial charge in [0, 0.05) is 41.2 Å². The van der Waals surface area contributed by atoms with E-state index in [1.807, 2.05) is 48.2 Å². The van der Waals surface area contributed by atoms with E-state index >= 15 is 0 Å². The number of aromatic nitrogens is 1. The van der Waals surface area contributed by atoms with Crippen LogP contribution < -0.4 is 4.90 Å². The fourth-order valence-corrected chi connectivity index (χ4v) is 5.19. The molecular weight excluding hydrogens is 402 g/mol. The van der Waals surface area contributed by atoms with Crippen LogP contribution in [0.15, 0.2) is 52.4 Å². The number of fused-ring (bicyclic) bond motifs is 2. The van der Waals surface area contributed by atoms with Gasteiger partial charge in [-0.25, -0.2) is 14.7 Å². The summed E-state index contributed by atoms with van der Waals surface area (Å²) in [4.78, 5) is 23.4. The van der Waals surface area contributed by atoms with Crippen LogP contribution in [0.25, 0.3) is 0 Å². The predicted molar refractivity (Wildman–Crippen MR) is 123 cm³/mol. The minimum Gasteiger partial charge on any atom is -0.448 e. The van der Waals surface area contributed by atoms with Gasteiger partial charge in [0.2, 0.25) is 0 Å². The van der Waals surface area contributed by atoms with E-state index in [2.05, 4.69) is 37.6 Å². The molecule has 0 spiro atoms. The molecule has 0 bridgehead atoms. The number of pyridine rings is 1. The SMILES string of the molecule is CC(C)N(CCSCCOC(=O)N1c2ccccc2Sc2cccnc21)C(C)C. The number of amides is 1. The lowest BCUT2D eigenvalue weighted by atomic mass is 10.2. The van der Waals surface area contributed by atoms with Crippen molar-refractivity contribution in [1.82, 2.24) is 9.88 Å². The van der Waals surface area contributed by atoms with Gasteiger partial charge < -0.3 is 4.74 Å². The Balaban J connectivity index is 1.54. The molecule has 3 rings (SSSR count). The zero-order chi connectivity index (χ0) is 20.8. The first-order valence-electron chi connectivity index (χ1n) is 10.0. The highest BCUT2D eigenvalue weighted by molar-refractivity contribution is 7.99. The minimum atomic E-state index is -0.371. The number of hydrogen-bond donors (Lipinski definition) is 0. The molecule has 1 aromatic heterocycles. The lowest BCUT2D eigenvalue weighted by Crippen LogP contribution is -2.38. The molecule has 1 amide bonds. The van der Waals surface area contributed by atoms with Crippen molar-refractivity contribution in [3.63, 3.8) is 0 Å². The summed E-state index contributed by atoms with van der Waals surface area (Å²) in [5.41, 5.74) is 0.825. The number of rotatable bonds is 8. The molecule has 0 fully saturated rings. The van der Waals surface area contributed by atoms with Crippen LogP contribution in [0.5, 0.6) is 0 Å². The van der Waals surface area contributed by atoms with Gasteiger partial charge in [-0.1, -0.05) is 23.9 Å². The number of benzene rings is 1. The Morgan fingerprint density at radius 3 is 2.59 bits per heavy atom. The standard InChI is InChI=1S/C22H29N3O2S2/c1-16(2)24(17(3)4)12-14-28-15-13-27-22(26)25-18-8-5-6-9-19(18)29-20-10-7-11-23-21(20)25/h5-11,16-17H,12-15H2,1-4H3. The van der Waals surface area contributed by atoms with Gasteiger partial charge in [-0.2, -0.15) is 11.8 Å². The minimum absolute atomic E-state index is 0.371. The molecule has 1 aliphatic rings. The van der Waals surface area contributed by atoms with Gasteiger partial charge in [-0.3, -0.25) is 4.90 Å². The molecule has 0 unspecified atom stereocenters. The third-order valence-corrected chi connectivity index (χ3v) is 6.78. The molecule has 1 aromatic carbocycles. The third-order valence-electron chi connectivity index (χ3n) is 4.74. The average Bonchev–Trinajstić information content (AvgIpc) is 2.70. The maximum atomic E-state index is 12.9. The maximum absolute atomic E-state index is 12.9. The first-order valence-corrected chi connectivity index (χ1v) is 12.0. The summed E-state index contributed by atoms with van der Waals surface area (Å²) in [5, 5.41) is 0. The van der Waals surface area contributed by atoms with Crippen LogP contribution in [0.4, 0.5) is 16.3 Å². The number of hydrogen-bond acceptors (Lipinski definition) is 6. The van der Waals surface area contributed by atoms with E-state index in [1.165, 1.54) is 0 Å². The molecule has 0 N–H and O–H groups in total. The van der Waals surface area contributed by atoms with Crippen molar-refractivity contribution >= 4 is 41.1 Å². The molecular formula is C22H29N3O2S2. The van der Waals surface area contributed by atoms with Crippen molar-refractivity contribution in [2.24, 2.45) is 0 Å². The summed E-state index contributed by atoms with van der Waals surface area (Å²) in [6.07, 6.45) is 1.34. The molecule has 2 aromatic rings. The Morgan fingerprint density at radius 2 is 1.83 bits per heavy atom. The van der Waals surface area contributed by atoms with E-state index < -0.39 is 0 Å². The lowest BCUT2D eigenvalue weighted by molar-refractivity contribution is 0.163. The van der Waals surface area contributed by atoms with Gasteiger partial charge >= 0.3 is 6.09 Å². The number of carbonyl (C=O) groups is 1. The summed E-state index contributed by atoms with van der Waals surface area (Å²) in [6, 6.07) is 12.8. The van der Waals surface area contributed by atoms with Crippen molar-refractivity contribution in [2.45, 2.75) is 49.6 Å². The van der Waals surface area contributed by atoms with Crippen LogP contribution in [-0.2, 0) is 4.74 Å². The van der Waals surface area contributed by atoms with Crippen LogP contribution in [-0.4, -0.2) is 52.7 Å². The fraction of sp³-hybridized carbons (Fsp3) is 0.455. The predicted octanol–water partition coefficient (Wildman–Crippen LogP) is 5.67. The number of carbonyl (C=O) groups excluding carboxylic acids is 1. The van der Waals surface area contributed by atoms with E-state index in [1.54, 1.807) is 22.9 Å². The zero-order valence-corrected chi connectivity index (χ0v) is 19.1. The van der Waals surface area contributed by atoms with Crippen molar-refractivity contribution in [2.75, 3.05) is 29.6 Å². The number of nitrogens with zero attached hydrogens (tertiary/aromatic N) is 3. The Kier molecular flexibility index (Phi) is 7.86. The van der Waals surface area contributed by atoms with Crippen LogP contribution in [0, 0.1) is 0 Å². The monoisotopic (exact) mass is 431 g/mol. The molecule has 156 valence electrons. The van der Waals surface area contributed by atoms with E-state index in [4.69, 9.17) is 4.74 Å². The van der Waals surface area contributed by atoms with Crippen molar-refractivity contribution < 1.29 is 9.53 Å². The molecule has 0 saturated carbocycles. The van der Waals surface area contributed by atoms with Gasteiger partial charge in [0.1, 0.15) is 6.61 Å². The van der Waals surface area contributed by atoms with Crippen LogP contribution in [0.1, 0.15) is 27.7 Å². The summed E-state index contributed by atoms with van der Waals surface area (Å²) in [6.45, 7) is 10.4. The third kappa shape index (κ3) is 5.47. The number of para-hydroxylation sites is 1. The van der Waals surface area contributed by atoms with Crippen LogP contribution in [0.3, 0.4) is 0 Å². The second-order valence-corrected chi connectivity index (χ2v) is 9.69. The summed E-state index contributed by atoms with van der Waals surface area (Å²) >= 11 is 3.44. The van der Waals surface area contributed by atoms with Gasteiger partial charge in [0.05, 0.1) is 10.6 Å². The lowest BCUT2D eigenvalue weighted by Gasteiger charge is -2.30. The molecule has 2 heterocycles. The fourth-order valence-electron chi connectivity index (χ4n) is 3.41. The normalized spacial score (nSPS) is 13.0. The zero-order valence-electron chi connectivity index (χ0n) is 17.5. The van der Waals surface area contributed by atoms with Gasteiger partial charge in [-0.05, 0) is 52.0 Å². The van der Waals surface area contributed by atoms with Crippen LogP contribution >= 0.6 is 23.5 Å². The Hall–Kier alpha value is -1.70. The summed E-state index contributed by atoms with van der Waals surface area (Å²) in [5.74, 6) is 2.45. The number of ether oxygens (including phenoxy) is 1. The first kappa shape index (κ1) is 22.0. The molecule has 29 heavy (non-hydrogen) atoms. The first-order chi connectivity index (χ1) is 14.0. The van der Waals surface area contributed by atoms with Gasteiger partial charge in [-0.15, -0.1) is 0 Å². The Labute approximate surface area is 182 Å². The molecule has 0 radical (unpaired) electrons.